The van der Waals surface area contributed by atoms with Crippen LogP contribution in [0.15, 0.2) is 12.1 Å². The van der Waals surface area contributed by atoms with Crippen molar-refractivity contribution in [2.24, 2.45) is 0 Å². The minimum absolute atomic E-state index is 0.0265. The molecular weight excluding hydrogens is 295 g/mol. The number of halogens is 4. The zero-order valence-corrected chi connectivity index (χ0v) is 11.8. The van der Waals surface area contributed by atoms with E-state index in [-0.39, 0.29) is 23.4 Å². The first-order valence-electron chi connectivity index (χ1n) is 6.04. The van der Waals surface area contributed by atoms with Crippen LogP contribution >= 0.6 is 11.6 Å². The lowest BCUT2D eigenvalue weighted by Crippen LogP contribution is -2.37. The topological polar surface area (TPSA) is 45.2 Å². The van der Waals surface area contributed by atoms with Gasteiger partial charge in [0.25, 0.3) is 0 Å². The average molecular weight is 310 g/mol. The van der Waals surface area contributed by atoms with Crippen LogP contribution in [-0.2, 0) is 11.0 Å². The van der Waals surface area contributed by atoms with E-state index in [4.69, 9.17) is 11.6 Å². The molecule has 1 rings (SSSR count). The number of carbonyl (C=O) groups excluding carboxylic acids is 1. The summed E-state index contributed by atoms with van der Waals surface area (Å²) in [5.41, 5.74) is -0.887. The maximum absolute atomic E-state index is 12.7. The van der Waals surface area contributed by atoms with E-state index in [0.717, 1.165) is 12.1 Å². The predicted molar refractivity (Wildman–Crippen MR) is 70.8 cm³/mol. The summed E-state index contributed by atoms with van der Waals surface area (Å²) in [4.78, 5) is 16.8. The molecule has 0 unspecified atom stereocenters. The fraction of sp³-hybridized carbons (Fsp3) is 0.500. The second kappa shape index (κ2) is 6.78. The molecule has 20 heavy (non-hydrogen) atoms. The van der Waals surface area contributed by atoms with Gasteiger partial charge in [0.2, 0.25) is 5.91 Å². The molecule has 0 saturated heterocycles. The van der Waals surface area contributed by atoms with Crippen LogP contribution in [0.2, 0.25) is 5.15 Å². The average Bonchev–Trinajstić information content (AvgIpc) is 2.34. The standard InChI is InChI=1S/C12H15ClF3N3O/c1-3-17-11(20)7-19(4-2)10-6-8(12(14,15)16)5-9(13)18-10/h5-6H,3-4,7H2,1-2H3,(H,17,20). The lowest BCUT2D eigenvalue weighted by Gasteiger charge is -2.22. The Kier molecular flexibility index (Phi) is 5.62. The molecule has 8 heteroatoms. The number of aromatic nitrogens is 1. The van der Waals surface area contributed by atoms with Gasteiger partial charge >= 0.3 is 6.18 Å². The van der Waals surface area contributed by atoms with Crippen molar-refractivity contribution in [3.05, 3.63) is 22.8 Å². The molecule has 1 N–H and O–H groups in total. The van der Waals surface area contributed by atoms with Crippen LogP contribution in [0.3, 0.4) is 0 Å². The van der Waals surface area contributed by atoms with Gasteiger partial charge in [0.05, 0.1) is 12.1 Å². The Hall–Kier alpha value is -1.50. The highest BCUT2D eigenvalue weighted by atomic mass is 35.5. The van der Waals surface area contributed by atoms with Crippen molar-refractivity contribution in [1.29, 1.82) is 0 Å². The lowest BCUT2D eigenvalue weighted by molar-refractivity contribution is -0.137. The Labute approximate surface area is 119 Å². The smallest absolute Gasteiger partial charge is 0.355 e. The molecule has 0 atom stereocenters. The summed E-state index contributed by atoms with van der Waals surface area (Å²) >= 11 is 5.62. The number of anilines is 1. The molecule has 0 aliphatic carbocycles. The summed E-state index contributed by atoms with van der Waals surface area (Å²) in [5.74, 6) is -0.261. The minimum atomic E-state index is -4.51. The number of likely N-dealkylation sites (N-methyl/N-ethyl adjacent to an activating group) is 2. The molecule has 0 fully saturated rings. The summed E-state index contributed by atoms with van der Waals surface area (Å²) in [6, 6.07) is 1.64. The third-order valence-corrected chi connectivity index (χ3v) is 2.72. The Balaban J connectivity index is 3.03. The maximum atomic E-state index is 12.7. The van der Waals surface area contributed by atoms with Crippen LogP contribution in [0.1, 0.15) is 19.4 Å². The first-order chi connectivity index (χ1) is 9.27. The number of nitrogens with zero attached hydrogens (tertiary/aromatic N) is 2. The van der Waals surface area contributed by atoms with Crippen molar-refractivity contribution >= 4 is 23.3 Å². The van der Waals surface area contributed by atoms with Gasteiger partial charge in [0.1, 0.15) is 11.0 Å². The fourth-order valence-corrected chi connectivity index (χ4v) is 1.79. The summed E-state index contributed by atoms with van der Waals surface area (Å²) in [7, 11) is 0. The highest BCUT2D eigenvalue weighted by Gasteiger charge is 2.32. The van der Waals surface area contributed by atoms with E-state index in [9.17, 15) is 18.0 Å². The molecule has 0 spiro atoms. The van der Waals surface area contributed by atoms with Gasteiger partial charge in [0, 0.05) is 13.1 Å². The molecule has 0 bridgehead atoms. The maximum Gasteiger partial charge on any atom is 0.416 e. The van der Waals surface area contributed by atoms with Crippen molar-refractivity contribution in [2.45, 2.75) is 20.0 Å². The van der Waals surface area contributed by atoms with E-state index in [1.807, 2.05) is 0 Å². The normalized spacial score (nSPS) is 11.3. The van der Waals surface area contributed by atoms with Crippen LogP contribution in [0, 0.1) is 0 Å². The summed E-state index contributed by atoms with van der Waals surface area (Å²) in [6.07, 6.45) is -4.51. The molecule has 0 aromatic carbocycles. The van der Waals surface area contributed by atoms with E-state index >= 15 is 0 Å². The van der Waals surface area contributed by atoms with Crippen LogP contribution in [0.5, 0.6) is 0 Å². The number of pyridine rings is 1. The van der Waals surface area contributed by atoms with Crippen LogP contribution < -0.4 is 10.2 Å². The van der Waals surface area contributed by atoms with Crippen molar-refractivity contribution in [1.82, 2.24) is 10.3 Å². The van der Waals surface area contributed by atoms with Gasteiger partial charge in [-0.1, -0.05) is 11.6 Å². The number of hydrogen-bond acceptors (Lipinski definition) is 3. The van der Waals surface area contributed by atoms with Crippen LogP contribution in [-0.4, -0.2) is 30.5 Å². The van der Waals surface area contributed by atoms with E-state index < -0.39 is 11.7 Å². The molecule has 112 valence electrons. The molecule has 0 aliphatic heterocycles. The molecule has 1 aromatic rings. The number of alkyl halides is 3. The molecule has 1 aromatic heterocycles. The fourth-order valence-electron chi connectivity index (χ4n) is 1.59. The Morgan fingerprint density at radius 3 is 2.55 bits per heavy atom. The second-order valence-electron chi connectivity index (χ2n) is 4.00. The number of nitrogens with one attached hydrogen (secondary N) is 1. The highest BCUT2D eigenvalue weighted by molar-refractivity contribution is 6.29. The third kappa shape index (κ3) is 4.56. The molecule has 0 saturated carbocycles. The van der Waals surface area contributed by atoms with Gasteiger partial charge in [-0.2, -0.15) is 13.2 Å². The van der Waals surface area contributed by atoms with E-state index in [0.29, 0.717) is 13.1 Å². The van der Waals surface area contributed by atoms with Gasteiger partial charge < -0.3 is 10.2 Å². The van der Waals surface area contributed by atoms with E-state index in [1.165, 1.54) is 4.90 Å². The predicted octanol–water partition coefficient (Wildman–Crippen LogP) is 2.72. The van der Waals surface area contributed by atoms with Crippen LogP contribution in [0.25, 0.3) is 0 Å². The van der Waals surface area contributed by atoms with Gasteiger partial charge in [-0.05, 0) is 26.0 Å². The number of amides is 1. The minimum Gasteiger partial charge on any atom is -0.355 e. The molecule has 0 aliphatic rings. The first kappa shape index (κ1) is 16.6. The monoisotopic (exact) mass is 309 g/mol. The quantitative estimate of drug-likeness (QED) is 0.851. The molecule has 1 amide bonds. The molecular formula is C12H15ClF3N3O. The third-order valence-electron chi connectivity index (χ3n) is 2.52. The Morgan fingerprint density at radius 2 is 2.05 bits per heavy atom. The summed E-state index contributed by atoms with van der Waals surface area (Å²) in [5, 5.41) is 2.32. The molecule has 1 heterocycles. The zero-order chi connectivity index (χ0) is 15.3. The lowest BCUT2D eigenvalue weighted by atomic mass is 10.2. The SMILES string of the molecule is CCNC(=O)CN(CC)c1cc(C(F)(F)F)cc(Cl)n1. The van der Waals surface area contributed by atoms with E-state index in [2.05, 4.69) is 10.3 Å². The summed E-state index contributed by atoms with van der Waals surface area (Å²) < 4.78 is 38.1. The number of rotatable bonds is 5. The number of carbonyl (C=O) groups is 1. The van der Waals surface area contributed by atoms with Gasteiger partial charge in [-0.15, -0.1) is 0 Å². The summed E-state index contributed by atoms with van der Waals surface area (Å²) in [6.45, 7) is 4.19. The molecule has 0 radical (unpaired) electrons. The van der Waals surface area contributed by atoms with Gasteiger partial charge in [0.15, 0.2) is 0 Å². The largest absolute Gasteiger partial charge is 0.416 e. The van der Waals surface area contributed by atoms with Crippen molar-refractivity contribution in [2.75, 3.05) is 24.5 Å². The zero-order valence-electron chi connectivity index (χ0n) is 11.1. The first-order valence-corrected chi connectivity index (χ1v) is 6.42. The van der Waals surface area contributed by atoms with Gasteiger partial charge in [-0.3, -0.25) is 4.79 Å². The van der Waals surface area contributed by atoms with Crippen molar-refractivity contribution in [3.63, 3.8) is 0 Å². The number of hydrogen-bond donors (Lipinski definition) is 1. The Bertz CT molecular complexity index is 480. The van der Waals surface area contributed by atoms with Crippen molar-refractivity contribution < 1.29 is 18.0 Å². The Morgan fingerprint density at radius 1 is 1.40 bits per heavy atom. The van der Waals surface area contributed by atoms with E-state index in [1.54, 1.807) is 13.8 Å². The van der Waals surface area contributed by atoms with Crippen LogP contribution in [0.4, 0.5) is 19.0 Å². The van der Waals surface area contributed by atoms with Crippen molar-refractivity contribution in [3.8, 4) is 0 Å². The van der Waals surface area contributed by atoms with Gasteiger partial charge in [-0.25, -0.2) is 4.98 Å². The highest BCUT2D eigenvalue weighted by Crippen LogP contribution is 2.32. The second-order valence-corrected chi connectivity index (χ2v) is 4.39. The molecule has 4 nitrogen and oxygen atoms in total.